The first-order chi connectivity index (χ1) is 8.46. The van der Waals surface area contributed by atoms with Crippen LogP contribution in [0.1, 0.15) is 38.1 Å². The van der Waals surface area contributed by atoms with Gasteiger partial charge in [-0.05, 0) is 12.8 Å². The Bertz CT molecular complexity index is 478. The van der Waals surface area contributed by atoms with Gasteiger partial charge >= 0.3 is 0 Å². The molecule has 0 aliphatic heterocycles. The third-order valence-corrected chi connectivity index (χ3v) is 4.72. The van der Waals surface area contributed by atoms with Gasteiger partial charge in [0.25, 0.3) is 0 Å². The number of aliphatic hydroxyl groups excluding tert-OH is 1. The van der Waals surface area contributed by atoms with Gasteiger partial charge in [0.15, 0.2) is 0 Å². The quantitative estimate of drug-likeness (QED) is 0.689. The van der Waals surface area contributed by atoms with Crippen molar-refractivity contribution in [2.45, 2.75) is 45.1 Å². The molecule has 18 heavy (non-hydrogen) atoms. The van der Waals surface area contributed by atoms with E-state index < -0.39 is 16.6 Å². The summed E-state index contributed by atoms with van der Waals surface area (Å²) in [5, 5.41) is 15.4. The molecule has 0 radical (unpaired) electrons. The van der Waals surface area contributed by atoms with E-state index in [2.05, 4.69) is 14.9 Å². The minimum absolute atomic E-state index is 0.0657. The van der Waals surface area contributed by atoms with Crippen molar-refractivity contribution in [2.24, 2.45) is 5.92 Å². The first kappa shape index (κ1) is 15.1. The Morgan fingerprint density at radius 2 is 2.00 bits per heavy atom. The molecule has 0 aromatic carbocycles. The van der Waals surface area contributed by atoms with E-state index in [1.54, 1.807) is 6.92 Å². The van der Waals surface area contributed by atoms with E-state index in [0.29, 0.717) is 18.2 Å². The van der Waals surface area contributed by atoms with Crippen molar-refractivity contribution in [3.8, 4) is 0 Å². The van der Waals surface area contributed by atoms with E-state index in [0.717, 1.165) is 12.8 Å². The zero-order chi connectivity index (χ0) is 13.8. The van der Waals surface area contributed by atoms with Gasteiger partial charge in [0, 0.05) is 6.54 Å². The van der Waals surface area contributed by atoms with Gasteiger partial charge < -0.3 is 5.11 Å². The van der Waals surface area contributed by atoms with Gasteiger partial charge in [0.2, 0.25) is 10.0 Å². The predicted molar refractivity (Wildman–Crippen MR) is 68.5 cm³/mol. The van der Waals surface area contributed by atoms with Crippen LogP contribution in [0.4, 0.5) is 0 Å². The summed E-state index contributed by atoms with van der Waals surface area (Å²) < 4.78 is 26.9. The number of sulfonamides is 1. The normalized spacial score (nSPS) is 12.3. The number of rotatable bonds is 7. The van der Waals surface area contributed by atoms with E-state index in [-0.39, 0.29) is 10.6 Å². The number of H-pyrrole nitrogens is 1. The third-order valence-electron chi connectivity index (χ3n) is 3.10. The first-order valence-corrected chi connectivity index (χ1v) is 7.58. The van der Waals surface area contributed by atoms with Gasteiger partial charge in [0.05, 0.1) is 12.3 Å². The van der Waals surface area contributed by atoms with Crippen LogP contribution in [0.25, 0.3) is 0 Å². The molecule has 3 N–H and O–H groups in total. The van der Waals surface area contributed by atoms with Crippen LogP contribution in [-0.2, 0) is 16.6 Å². The van der Waals surface area contributed by atoms with Crippen molar-refractivity contribution in [2.75, 3.05) is 6.54 Å². The number of hydrogen-bond acceptors (Lipinski definition) is 4. The van der Waals surface area contributed by atoms with Gasteiger partial charge in [-0.15, -0.1) is 0 Å². The van der Waals surface area contributed by atoms with E-state index in [4.69, 9.17) is 5.11 Å². The maximum Gasteiger partial charge on any atom is 0.244 e. The molecule has 0 aliphatic rings. The van der Waals surface area contributed by atoms with Crippen LogP contribution in [0.2, 0.25) is 0 Å². The summed E-state index contributed by atoms with van der Waals surface area (Å²) in [5.41, 5.74) is 0.598. The zero-order valence-corrected chi connectivity index (χ0v) is 11.8. The summed E-state index contributed by atoms with van der Waals surface area (Å²) in [6.45, 7) is 5.70. The first-order valence-electron chi connectivity index (χ1n) is 6.10. The summed E-state index contributed by atoms with van der Waals surface area (Å²) in [5.74, 6) is 0.324. The van der Waals surface area contributed by atoms with E-state index in [9.17, 15) is 8.42 Å². The number of hydrogen-bond donors (Lipinski definition) is 3. The van der Waals surface area contributed by atoms with Crippen LogP contribution in [0.5, 0.6) is 0 Å². The summed E-state index contributed by atoms with van der Waals surface area (Å²) >= 11 is 0. The smallest absolute Gasteiger partial charge is 0.244 e. The summed E-state index contributed by atoms with van der Waals surface area (Å²) in [4.78, 5) is 0.0657. The number of nitrogens with zero attached hydrogens (tertiary/aromatic N) is 1. The maximum absolute atomic E-state index is 12.1. The molecule has 0 amide bonds. The summed E-state index contributed by atoms with van der Waals surface area (Å²) in [7, 11) is -3.61. The Hall–Kier alpha value is -0.920. The zero-order valence-electron chi connectivity index (χ0n) is 11.0. The van der Waals surface area contributed by atoms with E-state index in [1.807, 2.05) is 13.8 Å². The van der Waals surface area contributed by atoms with Gasteiger partial charge in [-0.2, -0.15) is 5.10 Å². The molecule has 0 atom stereocenters. The van der Waals surface area contributed by atoms with Gasteiger partial charge in [0.1, 0.15) is 10.6 Å². The average molecular weight is 275 g/mol. The molecule has 0 aliphatic carbocycles. The van der Waals surface area contributed by atoms with Crippen LogP contribution < -0.4 is 4.72 Å². The number of nitrogens with one attached hydrogen (secondary N) is 2. The second-order valence-electron chi connectivity index (χ2n) is 4.32. The monoisotopic (exact) mass is 275 g/mol. The van der Waals surface area contributed by atoms with Crippen molar-refractivity contribution in [1.29, 1.82) is 0 Å². The fourth-order valence-corrected chi connectivity index (χ4v) is 3.28. The highest BCUT2D eigenvalue weighted by Crippen LogP contribution is 2.18. The minimum Gasteiger partial charge on any atom is -0.390 e. The fraction of sp³-hybridized carbons (Fsp3) is 0.727. The van der Waals surface area contributed by atoms with Crippen LogP contribution in [0.3, 0.4) is 0 Å². The molecule has 0 saturated carbocycles. The molecule has 0 spiro atoms. The molecule has 104 valence electrons. The Balaban J connectivity index is 2.89. The summed E-state index contributed by atoms with van der Waals surface area (Å²) in [6, 6.07) is 0. The molecule has 0 saturated heterocycles. The molecule has 1 aromatic rings. The van der Waals surface area contributed by atoms with Crippen LogP contribution in [0, 0.1) is 12.8 Å². The second-order valence-corrected chi connectivity index (χ2v) is 6.02. The van der Waals surface area contributed by atoms with Crippen molar-refractivity contribution < 1.29 is 13.5 Å². The number of aromatic amines is 1. The van der Waals surface area contributed by atoms with Crippen LogP contribution in [-0.4, -0.2) is 30.3 Å². The van der Waals surface area contributed by atoms with E-state index in [1.165, 1.54) is 0 Å². The maximum atomic E-state index is 12.1. The van der Waals surface area contributed by atoms with Gasteiger partial charge in [-0.3, -0.25) is 5.10 Å². The third kappa shape index (κ3) is 3.30. The van der Waals surface area contributed by atoms with Crippen molar-refractivity contribution in [3.05, 3.63) is 11.4 Å². The Labute approximate surface area is 108 Å². The van der Waals surface area contributed by atoms with Gasteiger partial charge in [-0.1, -0.05) is 26.7 Å². The molecular formula is C11H21N3O3S. The molecule has 1 rings (SSSR count). The topological polar surface area (TPSA) is 95.1 Å². The molecule has 0 unspecified atom stereocenters. The lowest BCUT2D eigenvalue weighted by Crippen LogP contribution is -2.30. The molecule has 7 heteroatoms. The highest BCUT2D eigenvalue weighted by atomic mass is 32.2. The number of aryl methyl sites for hydroxylation is 1. The molecule has 0 fully saturated rings. The lowest BCUT2D eigenvalue weighted by molar-refractivity contribution is 0.273. The predicted octanol–water partition coefficient (Wildman–Crippen LogP) is 0.925. The number of aliphatic hydroxyl groups is 1. The average Bonchev–Trinajstić information content (AvgIpc) is 2.72. The van der Waals surface area contributed by atoms with Crippen LogP contribution in [0.15, 0.2) is 4.90 Å². The Morgan fingerprint density at radius 1 is 1.39 bits per heavy atom. The summed E-state index contributed by atoms with van der Waals surface area (Å²) in [6.07, 6.45) is 1.85. The molecule has 0 bridgehead atoms. The largest absolute Gasteiger partial charge is 0.390 e. The van der Waals surface area contributed by atoms with Crippen molar-refractivity contribution in [1.82, 2.24) is 14.9 Å². The lowest BCUT2D eigenvalue weighted by Gasteiger charge is -2.13. The highest BCUT2D eigenvalue weighted by Gasteiger charge is 2.24. The van der Waals surface area contributed by atoms with E-state index >= 15 is 0 Å². The van der Waals surface area contributed by atoms with Crippen molar-refractivity contribution in [3.63, 3.8) is 0 Å². The Morgan fingerprint density at radius 3 is 2.50 bits per heavy atom. The van der Waals surface area contributed by atoms with Gasteiger partial charge in [-0.25, -0.2) is 13.1 Å². The SMILES string of the molecule is CCC(CC)CNS(=O)(=O)c1c(CO)n[nH]c1C. The van der Waals surface area contributed by atoms with Crippen LogP contribution >= 0.6 is 0 Å². The standard InChI is InChI=1S/C11H21N3O3S/c1-4-9(5-2)6-12-18(16,17)11-8(3)13-14-10(11)7-15/h9,12,15H,4-7H2,1-3H3,(H,13,14). The molecule has 1 aromatic heterocycles. The fourth-order valence-electron chi connectivity index (χ4n) is 1.81. The number of aromatic nitrogens is 2. The second kappa shape index (κ2) is 6.31. The lowest BCUT2D eigenvalue weighted by atomic mass is 10.0. The highest BCUT2D eigenvalue weighted by molar-refractivity contribution is 7.89. The molecule has 1 heterocycles. The Kier molecular flexibility index (Phi) is 5.30. The minimum atomic E-state index is -3.61. The molecule has 6 nitrogen and oxygen atoms in total. The van der Waals surface area contributed by atoms with Crippen molar-refractivity contribution >= 4 is 10.0 Å². The molecular weight excluding hydrogens is 254 g/mol.